The van der Waals surface area contributed by atoms with E-state index in [4.69, 9.17) is 0 Å². The van der Waals surface area contributed by atoms with Crippen LogP contribution in [0, 0.1) is 11.3 Å². The predicted molar refractivity (Wildman–Crippen MR) is 125 cm³/mol. The lowest BCUT2D eigenvalue weighted by Gasteiger charge is -2.27. The van der Waals surface area contributed by atoms with Gasteiger partial charge in [-0.15, -0.1) is 10.2 Å². The standard InChI is InChI=1S/C21H16N8O2S2/c22-10-14-11-24-29(21-23-12-33-27-21)19(14)26-25-16-9-13-3-1-2-4-15(13)17(18(16)30)20(31)28-5-7-32-8-6-28/h1-4,9,11-12,30H,5-8H2. The molecule has 0 saturated carbocycles. The Hall–Kier alpha value is -3.82. The van der Waals surface area contributed by atoms with Crippen LogP contribution in [0.15, 0.2) is 52.3 Å². The first-order valence-corrected chi connectivity index (χ1v) is 11.9. The van der Waals surface area contributed by atoms with Gasteiger partial charge in [0.15, 0.2) is 11.6 Å². The number of hydrogen-bond donors (Lipinski definition) is 1. The molecule has 0 radical (unpaired) electrons. The van der Waals surface area contributed by atoms with Gasteiger partial charge in [-0.3, -0.25) is 4.79 Å². The van der Waals surface area contributed by atoms with E-state index in [1.165, 1.54) is 16.4 Å². The van der Waals surface area contributed by atoms with Gasteiger partial charge in [0, 0.05) is 24.6 Å². The third kappa shape index (κ3) is 3.92. The molecule has 0 unspecified atom stereocenters. The van der Waals surface area contributed by atoms with Gasteiger partial charge in [0.05, 0.1) is 11.8 Å². The van der Waals surface area contributed by atoms with Gasteiger partial charge >= 0.3 is 0 Å². The van der Waals surface area contributed by atoms with E-state index in [0.29, 0.717) is 18.5 Å². The monoisotopic (exact) mass is 476 g/mol. The van der Waals surface area contributed by atoms with Gasteiger partial charge in [-0.25, -0.2) is 4.98 Å². The number of carbonyl (C=O) groups is 1. The fourth-order valence-electron chi connectivity index (χ4n) is 3.56. The molecule has 4 aromatic rings. The molecule has 1 saturated heterocycles. The molecule has 1 N–H and O–H groups in total. The minimum absolute atomic E-state index is 0.117. The second kappa shape index (κ2) is 8.97. The summed E-state index contributed by atoms with van der Waals surface area (Å²) >= 11 is 2.93. The van der Waals surface area contributed by atoms with Crippen molar-refractivity contribution in [1.29, 1.82) is 5.26 Å². The number of nitriles is 1. The van der Waals surface area contributed by atoms with Crippen molar-refractivity contribution in [3.05, 3.63) is 53.2 Å². The smallest absolute Gasteiger partial charge is 0.264 e. The van der Waals surface area contributed by atoms with E-state index in [0.717, 1.165) is 28.4 Å². The Bertz CT molecular complexity index is 1400. The lowest BCUT2D eigenvalue weighted by Crippen LogP contribution is -2.38. The van der Waals surface area contributed by atoms with Crippen molar-refractivity contribution in [3.63, 3.8) is 0 Å². The van der Waals surface area contributed by atoms with Gasteiger partial charge in [0.1, 0.15) is 22.8 Å². The second-order valence-corrected chi connectivity index (χ2v) is 8.91. The first-order chi connectivity index (χ1) is 16.2. The Morgan fingerprint density at radius 1 is 1.21 bits per heavy atom. The van der Waals surface area contributed by atoms with Crippen LogP contribution in [-0.4, -0.2) is 59.6 Å². The Morgan fingerprint density at radius 2 is 2.03 bits per heavy atom. The summed E-state index contributed by atoms with van der Waals surface area (Å²) in [6.07, 6.45) is 1.35. The van der Waals surface area contributed by atoms with Crippen LogP contribution in [0.4, 0.5) is 11.5 Å². The number of fused-ring (bicyclic) bond motifs is 1. The number of amides is 1. The minimum atomic E-state index is -0.253. The van der Waals surface area contributed by atoms with Crippen LogP contribution in [0.1, 0.15) is 15.9 Å². The molecule has 164 valence electrons. The van der Waals surface area contributed by atoms with Gasteiger partial charge in [0.25, 0.3) is 11.9 Å². The van der Waals surface area contributed by atoms with Crippen LogP contribution in [0.3, 0.4) is 0 Å². The van der Waals surface area contributed by atoms with E-state index in [-0.39, 0.29) is 40.2 Å². The highest BCUT2D eigenvalue weighted by Crippen LogP contribution is 2.39. The Kier molecular flexibility index (Phi) is 5.72. The Labute approximate surface area is 196 Å². The molecular formula is C21H16N8O2S2. The summed E-state index contributed by atoms with van der Waals surface area (Å²) in [5.74, 6) is 1.61. The highest BCUT2D eigenvalue weighted by molar-refractivity contribution is 7.99. The lowest BCUT2D eigenvalue weighted by atomic mass is 10.0. The number of phenolic OH excluding ortho intramolecular Hbond substituents is 1. The highest BCUT2D eigenvalue weighted by Gasteiger charge is 2.25. The SMILES string of the molecule is N#Cc1cnn(-c2ncsn2)c1N=Nc1cc2ccccc2c(C(=O)N2CCSCC2)c1O. The molecular weight excluding hydrogens is 460 g/mol. The van der Waals surface area contributed by atoms with Gasteiger partial charge in [-0.05, 0) is 28.4 Å². The molecule has 10 nitrogen and oxygen atoms in total. The number of carbonyl (C=O) groups excluding carboxylic acids is 1. The quantitative estimate of drug-likeness (QED) is 0.439. The van der Waals surface area contributed by atoms with E-state index in [9.17, 15) is 15.2 Å². The third-order valence-electron chi connectivity index (χ3n) is 5.17. The van der Waals surface area contributed by atoms with E-state index in [1.54, 1.807) is 28.8 Å². The highest BCUT2D eigenvalue weighted by atomic mass is 32.2. The summed E-state index contributed by atoms with van der Waals surface area (Å²) in [4.78, 5) is 19.2. The Morgan fingerprint density at radius 3 is 2.79 bits per heavy atom. The van der Waals surface area contributed by atoms with Crippen LogP contribution in [0.2, 0.25) is 0 Å². The molecule has 1 aliphatic heterocycles. The largest absolute Gasteiger partial charge is 0.505 e. The summed E-state index contributed by atoms with van der Waals surface area (Å²) < 4.78 is 5.42. The van der Waals surface area contributed by atoms with Crippen LogP contribution in [-0.2, 0) is 0 Å². The van der Waals surface area contributed by atoms with E-state index in [1.807, 2.05) is 24.3 Å². The van der Waals surface area contributed by atoms with Crippen LogP contribution < -0.4 is 0 Å². The molecule has 1 aliphatic rings. The molecule has 33 heavy (non-hydrogen) atoms. The van der Waals surface area contributed by atoms with Gasteiger partial charge in [0.2, 0.25) is 0 Å². The van der Waals surface area contributed by atoms with Crippen molar-refractivity contribution >= 4 is 51.5 Å². The first kappa shape index (κ1) is 21.0. The van der Waals surface area contributed by atoms with Crippen molar-refractivity contribution < 1.29 is 9.90 Å². The number of aromatic nitrogens is 4. The fraction of sp³-hybridized carbons (Fsp3) is 0.190. The van der Waals surface area contributed by atoms with E-state index < -0.39 is 0 Å². The molecule has 2 aromatic carbocycles. The van der Waals surface area contributed by atoms with Crippen molar-refractivity contribution in [1.82, 2.24) is 24.0 Å². The van der Waals surface area contributed by atoms with Crippen LogP contribution in [0.5, 0.6) is 5.75 Å². The summed E-state index contributed by atoms with van der Waals surface area (Å²) in [7, 11) is 0. The van der Waals surface area contributed by atoms with Crippen molar-refractivity contribution in [2.45, 2.75) is 0 Å². The minimum Gasteiger partial charge on any atom is -0.505 e. The molecule has 3 heterocycles. The van der Waals surface area contributed by atoms with Crippen LogP contribution >= 0.6 is 23.3 Å². The molecule has 0 aliphatic carbocycles. The number of rotatable bonds is 4. The average Bonchev–Trinajstić information content (AvgIpc) is 3.52. The van der Waals surface area contributed by atoms with E-state index >= 15 is 0 Å². The molecule has 1 fully saturated rings. The average molecular weight is 477 g/mol. The molecule has 0 spiro atoms. The Balaban J connectivity index is 1.61. The number of nitrogens with zero attached hydrogens (tertiary/aromatic N) is 8. The van der Waals surface area contributed by atoms with Gasteiger partial charge in [-0.2, -0.15) is 31.2 Å². The topological polar surface area (TPSA) is 133 Å². The number of phenols is 1. The summed E-state index contributed by atoms with van der Waals surface area (Å²) in [5.41, 5.74) is 2.03. The number of thioether (sulfide) groups is 1. The molecule has 0 bridgehead atoms. The predicted octanol–water partition coefficient (Wildman–Crippen LogP) is 4.06. The second-order valence-electron chi connectivity index (χ2n) is 7.08. The van der Waals surface area contributed by atoms with Crippen molar-refractivity contribution in [2.24, 2.45) is 10.2 Å². The maximum absolute atomic E-state index is 13.3. The maximum atomic E-state index is 13.3. The molecule has 0 atom stereocenters. The summed E-state index contributed by atoms with van der Waals surface area (Å²) in [6.45, 7) is 1.24. The third-order valence-corrected chi connectivity index (χ3v) is 6.58. The van der Waals surface area contributed by atoms with Crippen LogP contribution in [0.25, 0.3) is 16.7 Å². The fourth-order valence-corrected chi connectivity index (χ4v) is 4.87. The maximum Gasteiger partial charge on any atom is 0.264 e. The zero-order chi connectivity index (χ0) is 22.8. The molecule has 2 aromatic heterocycles. The number of benzene rings is 2. The van der Waals surface area contributed by atoms with Gasteiger partial charge < -0.3 is 10.0 Å². The van der Waals surface area contributed by atoms with Crippen molar-refractivity contribution in [2.75, 3.05) is 24.6 Å². The zero-order valence-electron chi connectivity index (χ0n) is 17.1. The number of hydrogen-bond acceptors (Lipinski definition) is 10. The number of aromatic hydroxyl groups is 1. The molecule has 5 rings (SSSR count). The first-order valence-electron chi connectivity index (χ1n) is 9.95. The normalized spacial score (nSPS) is 14.1. The lowest BCUT2D eigenvalue weighted by molar-refractivity contribution is 0.0771. The van der Waals surface area contributed by atoms with Crippen molar-refractivity contribution in [3.8, 4) is 17.8 Å². The summed E-state index contributed by atoms with van der Waals surface area (Å²) in [6, 6.07) is 11.0. The van der Waals surface area contributed by atoms with E-state index in [2.05, 4.69) is 24.7 Å². The summed E-state index contributed by atoms with van der Waals surface area (Å²) in [5, 5.41) is 34.4. The molecule has 12 heteroatoms. The van der Waals surface area contributed by atoms with Gasteiger partial charge in [-0.1, -0.05) is 24.3 Å². The zero-order valence-corrected chi connectivity index (χ0v) is 18.8. The molecule has 1 amide bonds. The number of azo groups is 1.